The van der Waals surface area contributed by atoms with Crippen molar-refractivity contribution in [1.82, 2.24) is 9.21 Å². The van der Waals surface area contributed by atoms with Gasteiger partial charge in [0.2, 0.25) is 10.0 Å². The van der Waals surface area contributed by atoms with Gasteiger partial charge in [-0.05, 0) is 62.1 Å². The first-order valence-electron chi connectivity index (χ1n) is 12.0. The number of fused-ring (bicyclic) bond motifs is 1. The molecular weight excluding hydrogens is 432 g/mol. The lowest BCUT2D eigenvalue weighted by Gasteiger charge is -2.57. The van der Waals surface area contributed by atoms with Crippen LogP contribution in [0, 0.1) is 18.8 Å². The van der Waals surface area contributed by atoms with Crippen LogP contribution in [0.4, 0.5) is 0 Å². The molecule has 2 aromatic rings. The van der Waals surface area contributed by atoms with Gasteiger partial charge in [0, 0.05) is 43.1 Å². The molecule has 2 saturated heterocycles. The second kappa shape index (κ2) is 10.4. The molecule has 0 aliphatic carbocycles. The fourth-order valence-corrected chi connectivity index (χ4v) is 6.91. The molecule has 1 N–H and O–H groups in total. The average molecular weight is 467 g/mol. The quantitative estimate of drug-likeness (QED) is 0.682. The summed E-state index contributed by atoms with van der Waals surface area (Å²) < 4.78 is 28.8. The maximum atomic E-state index is 13.6. The largest absolute Gasteiger partial charge is 0.395 e. The third kappa shape index (κ3) is 4.88. The lowest BCUT2D eigenvalue weighted by Crippen LogP contribution is -2.67. The minimum atomic E-state index is -3.58. The smallest absolute Gasteiger partial charge is 0.243 e. The zero-order valence-corrected chi connectivity index (χ0v) is 20.4. The SMILES string of the molecule is CCCC#Cc1ccc([C@H]2[C@H]3CN(S(=O)(=O)c4ccccc4C)CCCCN3[C@H]2CO)cc1. The molecule has 0 unspecified atom stereocenters. The van der Waals surface area contributed by atoms with E-state index in [-0.39, 0.29) is 24.6 Å². The summed E-state index contributed by atoms with van der Waals surface area (Å²) in [6.45, 7) is 5.91. The molecule has 33 heavy (non-hydrogen) atoms. The first-order valence-corrected chi connectivity index (χ1v) is 13.4. The van der Waals surface area contributed by atoms with Crippen LogP contribution in [-0.2, 0) is 10.0 Å². The summed E-state index contributed by atoms with van der Waals surface area (Å²) in [5.74, 6) is 6.48. The monoisotopic (exact) mass is 466 g/mol. The minimum absolute atomic E-state index is 0.0214. The number of hydrogen-bond donors (Lipinski definition) is 1. The second-order valence-corrected chi connectivity index (χ2v) is 11.0. The van der Waals surface area contributed by atoms with Gasteiger partial charge in [-0.1, -0.05) is 49.1 Å². The number of aliphatic hydroxyl groups is 1. The number of nitrogens with zero attached hydrogens (tertiary/aromatic N) is 2. The van der Waals surface area contributed by atoms with E-state index < -0.39 is 10.0 Å². The van der Waals surface area contributed by atoms with Crippen LogP contribution < -0.4 is 0 Å². The van der Waals surface area contributed by atoms with E-state index in [1.807, 2.05) is 31.2 Å². The van der Waals surface area contributed by atoms with E-state index in [4.69, 9.17) is 0 Å². The highest BCUT2D eigenvalue weighted by molar-refractivity contribution is 7.89. The Hall–Kier alpha value is -2.17. The van der Waals surface area contributed by atoms with Crippen molar-refractivity contribution >= 4 is 10.0 Å². The summed E-state index contributed by atoms with van der Waals surface area (Å²) in [6, 6.07) is 15.6. The van der Waals surface area contributed by atoms with Gasteiger partial charge in [0.1, 0.15) is 0 Å². The number of rotatable bonds is 5. The summed E-state index contributed by atoms with van der Waals surface area (Å²) >= 11 is 0. The number of aliphatic hydroxyl groups excluding tert-OH is 1. The number of sulfonamides is 1. The Labute approximate surface area is 198 Å². The van der Waals surface area contributed by atoms with Gasteiger partial charge in [-0.2, -0.15) is 4.31 Å². The lowest BCUT2D eigenvalue weighted by atomic mass is 9.74. The molecule has 0 amide bonds. The van der Waals surface area contributed by atoms with Gasteiger partial charge in [0.25, 0.3) is 0 Å². The molecule has 176 valence electrons. The number of benzene rings is 2. The van der Waals surface area contributed by atoms with E-state index in [0.717, 1.165) is 48.9 Å². The van der Waals surface area contributed by atoms with Gasteiger partial charge < -0.3 is 5.11 Å². The molecule has 0 spiro atoms. The van der Waals surface area contributed by atoms with Crippen molar-refractivity contribution in [3.63, 3.8) is 0 Å². The van der Waals surface area contributed by atoms with Crippen LogP contribution >= 0.6 is 0 Å². The number of hydrogen-bond acceptors (Lipinski definition) is 4. The second-order valence-electron chi connectivity index (χ2n) is 9.09. The molecule has 0 aromatic heterocycles. The highest BCUT2D eigenvalue weighted by Gasteiger charge is 2.50. The predicted molar refractivity (Wildman–Crippen MR) is 132 cm³/mol. The zero-order chi connectivity index (χ0) is 23.4. The average Bonchev–Trinajstić information content (AvgIpc) is 2.79. The van der Waals surface area contributed by atoms with Gasteiger partial charge in [-0.15, -0.1) is 0 Å². The van der Waals surface area contributed by atoms with Crippen molar-refractivity contribution in [2.75, 3.05) is 26.2 Å². The van der Waals surface area contributed by atoms with Crippen molar-refractivity contribution in [2.24, 2.45) is 0 Å². The summed E-state index contributed by atoms with van der Waals surface area (Å²) in [6.07, 6.45) is 3.68. The Kier molecular flexibility index (Phi) is 7.55. The summed E-state index contributed by atoms with van der Waals surface area (Å²) in [4.78, 5) is 2.70. The van der Waals surface area contributed by atoms with Crippen molar-refractivity contribution in [2.45, 2.75) is 62.4 Å². The van der Waals surface area contributed by atoms with E-state index in [0.29, 0.717) is 18.0 Å². The fraction of sp³-hybridized carbons (Fsp3) is 0.481. The summed E-state index contributed by atoms with van der Waals surface area (Å²) in [7, 11) is -3.58. The minimum Gasteiger partial charge on any atom is -0.395 e. The van der Waals surface area contributed by atoms with E-state index in [1.54, 1.807) is 16.4 Å². The van der Waals surface area contributed by atoms with Gasteiger partial charge >= 0.3 is 0 Å². The molecule has 2 aliphatic rings. The Bertz CT molecular complexity index is 1120. The van der Waals surface area contributed by atoms with E-state index in [1.165, 1.54) is 0 Å². The molecule has 5 nitrogen and oxygen atoms in total. The Morgan fingerprint density at radius 3 is 2.48 bits per heavy atom. The van der Waals surface area contributed by atoms with Crippen LogP contribution in [0.1, 0.15) is 55.2 Å². The third-order valence-electron chi connectivity index (χ3n) is 6.95. The predicted octanol–water partition coefficient (Wildman–Crippen LogP) is 3.76. The first kappa shape index (κ1) is 24.0. The molecule has 0 saturated carbocycles. The van der Waals surface area contributed by atoms with Crippen LogP contribution in [0.5, 0.6) is 0 Å². The van der Waals surface area contributed by atoms with Crippen LogP contribution in [0.15, 0.2) is 53.4 Å². The van der Waals surface area contributed by atoms with Crippen molar-refractivity contribution < 1.29 is 13.5 Å². The van der Waals surface area contributed by atoms with Gasteiger partial charge in [-0.3, -0.25) is 4.90 Å². The van der Waals surface area contributed by atoms with Gasteiger partial charge in [0.15, 0.2) is 0 Å². The maximum absolute atomic E-state index is 13.6. The molecular formula is C27H34N2O3S. The van der Waals surface area contributed by atoms with Crippen LogP contribution in [0.25, 0.3) is 0 Å². The van der Waals surface area contributed by atoms with Gasteiger partial charge in [0.05, 0.1) is 11.5 Å². The van der Waals surface area contributed by atoms with E-state index in [9.17, 15) is 13.5 Å². The van der Waals surface area contributed by atoms with E-state index in [2.05, 4.69) is 35.8 Å². The molecule has 2 fully saturated rings. The summed E-state index contributed by atoms with van der Waals surface area (Å²) in [5.41, 5.74) is 2.91. The maximum Gasteiger partial charge on any atom is 0.243 e. The lowest BCUT2D eigenvalue weighted by molar-refractivity contribution is -0.0553. The Balaban J connectivity index is 1.60. The van der Waals surface area contributed by atoms with Crippen molar-refractivity contribution in [3.05, 3.63) is 65.2 Å². The molecule has 2 aromatic carbocycles. The van der Waals surface area contributed by atoms with Crippen molar-refractivity contribution in [1.29, 1.82) is 0 Å². The third-order valence-corrected chi connectivity index (χ3v) is 8.97. The normalized spacial score (nSPS) is 24.0. The van der Waals surface area contributed by atoms with Crippen LogP contribution in [-0.4, -0.2) is 61.1 Å². The Morgan fingerprint density at radius 2 is 1.79 bits per heavy atom. The van der Waals surface area contributed by atoms with Crippen molar-refractivity contribution in [3.8, 4) is 11.8 Å². The molecule has 0 bridgehead atoms. The number of aryl methyl sites for hydroxylation is 1. The molecule has 2 aliphatic heterocycles. The highest BCUT2D eigenvalue weighted by atomic mass is 32.2. The van der Waals surface area contributed by atoms with Crippen LogP contribution in [0.2, 0.25) is 0 Å². The molecule has 3 atom stereocenters. The topological polar surface area (TPSA) is 60.9 Å². The molecule has 2 heterocycles. The van der Waals surface area contributed by atoms with Gasteiger partial charge in [-0.25, -0.2) is 8.42 Å². The first-order chi connectivity index (χ1) is 16.0. The zero-order valence-electron chi connectivity index (χ0n) is 19.6. The number of unbranched alkanes of at least 4 members (excludes halogenated alkanes) is 1. The molecule has 4 rings (SSSR count). The van der Waals surface area contributed by atoms with Crippen LogP contribution in [0.3, 0.4) is 0 Å². The van der Waals surface area contributed by atoms with E-state index >= 15 is 0 Å². The standard InChI is InChI=1S/C27H34N2O3S/c1-3-4-5-11-22-13-15-23(16-14-22)27-24-19-28(17-8-9-18-29(24)25(27)20-30)33(31,32)26-12-7-6-10-21(26)2/h6-7,10,12-16,24-25,27,30H,3-4,8-9,17-20H2,1-2H3/t24-,25+,27+/m1/s1. The molecule has 0 radical (unpaired) electrons. The fourth-order valence-electron chi connectivity index (χ4n) is 5.19. The molecule has 6 heteroatoms. The highest BCUT2D eigenvalue weighted by Crippen LogP contribution is 2.42. The Morgan fingerprint density at radius 1 is 1.06 bits per heavy atom. The summed E-state index contributed by atoms with van der Waals surface area (Å²) in [5, 5.41) is 10.2.